The van der Waals surface area contributed by atoms with Gasteiger partial charge in [-0.05, 0) is 26.1 Å². The van der Waals surface area contributed by atoms with Crippen molar-refractivity contribution >= 4 is 5.91 Å². The predicted octanol–water partition coefficient (Wildman–Crippen LogP) is 1.02. The van der Waals surface area contributed by atoms with Crippen molar-refractivity contribution in [2.24, 2.45) is 0 Å². The molecule has 0 radical (unpaired) electrons. The molecule has 0 rings (SSSR count). The van der Waals surface area contributed by atoms with E-state index in [1.165, 1.54) is 6.08 Å². The van der Waals surface area contributed by atoms with E-state index in [-0.39, 0.29) is 5.91 Å². The number of nitrogens with zero attached hydrogens (tertiary/aromatic N) is 1. The molecule has 0 aromatic rings. The van der Waals surface area contributed by atoms with E-state index in [4.69, 9.17) is 0 Å². The zero-order chi connectivity index (χ0) is 10.3. The van der Waals surface area contributed by atoms with E-state index in [0.29, 0.717) is 12.6 Å². The Hall–Kier alpha value is -0.830. The number of hydrogen-bond acceptors (Lipinski definition) is 2. The third-order valence-electron chi connectivity index (χ3n) is 2.19. The van der Waals surface area contributed by atoms with Gasteiger partial charge in [0, 0.05) is 12.6 Å². The number of carbonyl (C=O) groups is 1. The first-order chi connectivity index (χ1) is 6.15. The first-order valence-corrected chi connectivity index (χ1v) is 4.80. The summed E-state index contributed by atoms with van der Waals surface area (Å²) in [4.78, 5) is 13.2. The normalized spacial score (nSPS) is 12.6. The molecule has 0 aromatic carbocycles. The van der Waals surface area contributed by atoms with Crippen molar-refractivity contribution < 1.29 is 4.79 Å². The lowest BCUT2D eigenvalue weighted by Crippen LogP contribution is -2.41. The average molecular weight is 184 g/mol. The van der Waals surface area contributed by atoms with Crippen LogP contribution in [0.4, 0.5) is 0 Å². The molecule has 0 fully saturated rings. The van der Waals surface area contributed by atoms with Crippen molar-refractivity contribution in [2.75, 3.05) is 19.6 Å². The van der Waals surface area contributed by atoms with Gasteiger partial charge < -0.3 is 5.32 Å². The van der Waals surface area contributed by atoms with E-state index in [1.807, 2.05) is 0 Å². The van der Waals surface area contributed by atoms with E-state index < -0.39 is 0 Å². The third kappa shape index (κ3) is 4.68. The van der Waals surface area contributed by atoms with Crippen LogP contribution in [0.3, 0.4) is 0 Å². The molecule has 0 saturated carbocycles. The lowest BCUT2D eigenvalue weighted by molar-refractivity contribution is -0.116. The minimum atomic E-state index is -0.0981. The number of rotatable bonds is 6. The second-order valence-electron chi connectivity index (χ2n) is 3.02. The number of carbonyl (C=O) groups excluding carboxylic acids is 1. The van der Waals surface area contributed by atoms with Gasteiger partial charge in [-0.3, -0.25) is 9.69 Å². The Morgan fingerprint density at radius 2 is 2.08 bits per heavy atom. The summed E-state index contributed by atoms with van der Waals surface area (Å²) in [6, 6.07) is 0.388. The molecule has 0 saturated heterocycles. The first kappa shape index (κ1) is 12.2. The van der Waals surface area contributed by atoms with Crippen molar-refractivity contribution in [3.8, 4) is 0 Å². The van der Waals surface area contributed by atoms with Gasteiger partial charge in [0.25, 0.3) is 0 Å². The standard InChI is InChI=1S/C10H20N2O/c1-5-10(13)11-8-9(4)12(6-2)7-3/h5,9H,1,6-8H2,2-4H3,(H,11,13). The number of nitrogens with one attached hydrogen (secondary N) is 1. The van der Waals surface area contributed by atoms with Crippen molar-refractivity contribution in [1.29, 1.82) is 0 Å². The van der Waals surface area contributed by atoms with E-state index in [2.05, 4.69) is 37.6 Å². The summed E-state index contributed by atoms with van der Waals surface area (Å²) in [6.45, 7) is 12.5. The Kier molecular flexibility index (Phi) is 6.24. The number of amides is 1. The van der Waals surface area contributed by atoms with Crippen LogP contribution in [0.5, 0.6) is 0 Å². The Balaban J connectivity index is 3.77. The lowest BCUT2D eigenvalue weighted by atomic mass is 10.2. The largest absolute Gasteiger partial charge is 0.351 e. The van der Waals surface area contributed by atoms with Crippen molar-refractivity contribution in [2.45, 2.75) is 26.8 Å². The Morgan fingerprint density at radius 1 is 1.54 bits per heavy atom. The van der Waals surface area contributed by atoms with Crippen LogP contribution in [0.2, 0.25) is 0 Å². The van der Waals surface area contributed by atoms with Crippen molar-refractivity contribution in [3.05, 3.63) is 12.7 Å². The highest BCUT2D eigenvalue weighted by Crippen LogP contribution is 1.95. The van der Waals surface area contributed by atoms with Crippen LogP contribution in [-0.2, 0) is 4.79 Å². The number of likely N-dealkylation sites (N-methyl/N-ethyl adjacent to an activating group) is 1. The van der Waals surface area contributed by atoms with Crippen LogP contribution in [0.15, 0.2) is 12.7 Å². The second kappa shape index (κ2) is 6.66. The van der Waals surface area contributed by atoms with Crippen molar-refractivity contribution in [1.82, 2.24) is 10.2 Å². The maximum absolute atomic E-state index is 10.9. The molecule has 1 atom stereocenters. The minimum Gasteiger partial charge on any atom is -0.351 e. The Morgan fingerprint density at radius 3 is 2.46 bits per heavy atom. The van der Waals surface area contributed by atoms with Gasteiger partial charge in [-0.25, -0.2) is 0 Å². The summed E-state index contributed by atoms with van der Waals surface area (Å²) >= 11 is 0. The van der Waals surface area contributed by atoms with Crippen LogP contribution in [-0.4, -0.2) is 36.5 Å². The molecule has 76 valence electrons. The SMILES string of the molecule is C=CC(=O)NCC(C)N(CC)CC. The maximum atomic E-state index is 10.9. The molecule has 0 aliphatic carbocycles. The minimum absolute atomic E-state index is 0.0981. The Labute approximate surface area is 80.8 Å². The summed E-state index contributed by atoms with van der Waals surface area (Å²) in [5.41, 5.74) is 0. The zero-order valence-electron chi connectivity index (χ0n) is 8.84. The molecule has 3 heteroatoms. The molecule has 0 aliphatic heterocycles. The van der Waals surface area contributed by atoms with Gasteiger partial charge in [0.05, 0.1) is 0 Å². The van der Waals surface area contributed by atoms with E-state index in [1.54, 1.807) is 0 Å². The predicted molar refractivity (Wildman–Crippen MR) is 55.6 cm³/mol. The molecule has 0 bridgehead atoms. The fourth-order valence-electron chi connectivity index (χ4n) is 1.30. The number of hydrogen-bond donors (Lipinski definition) is 1. The molecule has 0 heterocycles. The van der Waals surface area contributed by atoms with Gasteiger partial charge >= 0.3 is 0 Å². The second-order valence-corrected chi connectivity index (χ2v) is 3.02. The molecule has 1 unspecified atom stereocenters. The van der Waals surface area contributed by atoms with Gasteiger partial charge in [0.2, 0.25) is 5.91 Å². The van der Waals surface area contributed by atoms with E-state index >= 15 is 0 Å². The van der Waals surface area contributed by atoms with E-state index in [0.717, 1.165) is 13.1 Å². The van der Waals surface area contributed by atoms with Crippen LogP contribution < -0.4 is 5.32 Å². The van der Waals surface area contributed by atoms with Crippen molar-refractivity contribution in [3.63, 3.8) is 0 Å². The maximum Gasteiger partial charge on any atom is 0.243 e. The summed E-state index contributed by atoms with van der Waals surface area (Å²) in [5, 5.41) is 2.78. The highest BCUT2D eigenvalue weighted by atomic mass is 16.1. The summed E-state index contributed by atoms with van der Waals surface area (Å²) in [6.07, 6.45) is 1.30. The molecule has 1 N–H and O–H groups in total. The molecule has 13 heavy (non-hydrogen) atoms. The summed E-state index contributed by atoms with van der Waals surface area (Å²) in [7, 11) is 0. The molecule has 1 amide bonds. The van der Waals surface area contributed by atoms with Gasteiger partial charge in [-0.2, -0.15) is 0 Å². The van der Waals surface area contributed by atoms with Gasteiger partial charge in [-0.15, -0.1) is 0 Å². The molecular weight excluding hydrogens is 164 g/mol. The summed E-state index contributed by atoms with van der Waals surface area (Å²) in [5.74, 6) is -0.0981. The highest BCUT2D eigenvalue weighted by Gasteiger charge is 2.09. The van der Waals surface area contributed by atoms with Gasteiger partial charge in [0.1, 0.15) is 0 Å². The van der Waals surface area contributed by atoms with E-state index in [9.17, 15) is 4.79 Å². The lowest BCUT2D eigenvalue weighted by Gasteiger charge is -2.26. The fraction of sp³-hybridized carbons (Fsp3) is 0.700. The molecule has 3 nitrogen and oxygen atoms in total. The zero-order valence-corrected chi connectivity index (χ0v) is 8.84. The van der Waals surface area contributed by atoms with Gasteiger partial charge in [0.15, 0.2) is 0 Å². The first-order valence-electron chi connectivity index (χ1n) is 4.80. The van der Waals surface area contributed by atoms with Crippen LogP contribution in [0, 0.1) is 0 Å². The van der Waals surface area contributed by atoms with Gasteiger partial charge in [-0.1, -0.05) is 20.4 Å². The highest BCUT2D eigenvalue weighted by molar-refractivity contribution is 5.86. The molecular formula is C10H20N2O. The quantitative estimate of drug-likeness (QED) is 0.625. The fourth-order valence-corrected chi connectivity index (χ4v) is 1.30. The van der Waals surface area contributed by atoms with Crippen LogP contribution in [0.1, 0.15) is 20.8 Å². The van der Waals surface area contributed by atoms with Crippen LogP contribution >= 0.6 is 0 Å². The topological polar surface area (TPSA) is 32.3 Å². The summed E-state index contributed by atoms with van der Waals surface area (Å²) < 4.78 is 0. The third-order valence-corrected chi connectivity index (χ3v) is 2.19. The van der Waals surface area contributed by atoms with Crippen LogP contribution in [0.25, 0.3) is 0 Å². The molecule has 0 spiro atoms. The smallest absolute Gasteiger partial charge is 0.243 e. The Bertz CT molecular complexity index is 164. The average Bonchev–Trinajstić information content (AvgIpc) is 2.16. The molecule has 0 aliphatic rings. The monoisotopic (exact) mass is 184 g/mol. The molecule has 0 aromatic heterocycles.